The number of carbonyl (C=O) groups is 2. The zero-order valence-corrected chi connectivity index (χ0v) is 16.1. The van der Waals surface area contributed by atoms with Gasteiger partial charge in [0.1, 0.15) is 13.2 Å². The lowest BCUT2D eigenvalue weighted by Gasteiger charge is -2.22. The molecule has 2 aromatic rings. The van der Waals surface area contributed by atoms with Crippen molar-refractivity contribution in [2.24, 2.45) is 5.92 Å². The minimum Gasteiger partial charge on any atom is -0.486 e. The molecule has 0 aliphatic carbocycles. The van der Waals surface area contributed by atoms with Crippen molar-refractivity contribution < 1.29 is 27.8 Å². The maximum absolute atomic E-state index is 12.7. The van der Waals surface area contributed by atoms with Crippen molar-refractivity contribution in [3.63, 3.8) is 0 Å². The van der Waals surface area contributed by atoms with Crippen LogP contribution in [0.15, 0.2) is 47.4 Å². The number of ether oxygens (including phenoxy) is 2. The predicted octanol–water partition coefficient (Wildman–Crippen LogP) is 3.76. The van der Waals surface area contributed by atoms with Gasteiger partial charge in [0.15, 0.2) is 11.5 Å². The second-order valence-electron chi connectivity index (χ2n) is 6.60. The summed E-state index contributed by atoms with van der Waals surface area (Å²) in [6.07, 6.45) is 0.0461. The largest absolute Gasteiger partial charge is 0.486 e. The highest BCUT2D eigenvalue weighted by Gasteiger charge is 2.36. The number of hydrogen-bond acceptors (Lipinski definition) is 5. The summed E-state index contributed by atoms with van der Waals surface area (Å²) in [5.74, 6) is -2.55. The van der Waals surface area contributed by atoms with Gasteiger partial charge in [-0.1, -0.05) is 23.9 Å². The quantitative estimate of drug-likeness (QED) is 0.746. The van der Waals surface area contributed by atoms with Gasteiger partial charge in [0, 0.05) is 29.6 Å². The standard InChI is InChI=1S/C20H18F2N2O4S/c21-20(22)29-17-4-2-1-3-14(17)23-19(26)12-9-18(25)24(11-12)13-5-6-15-16(10-13)28-8-7-27-15/h1-6,10,12,20H,7-9,11H2,(H,23,26)/t12-/m1/s1. The lowest BCUT2D eigenvalue weighted by molar-refractivity contribution is -0.122. The molecule has 1 fully saturated rings. The van der Waals surface area contributed by atoms with Gasteiger partial charge in [-0.15, -0.1) is 0 Å². The van der Waals surface area contributed by atoms with Crippen LogP contribution < -0.4 is 19.7 Å². The molecule has 0 unspecified atom stereocenters. The summed E-state index contributed by atoms with van der Waals surface area (Å²) in [5.41, 5.74) is 0.941. The van der Waals surface area contributed by atoms with Crippen LogP contribution in [0.4, 0.5) is 20.2 Å². The van der Waals surface area contributed by atoms with Crippen LogP contribution in [0.2, 0.25) is 0 Å². The highest BCUT2D eigenvalue weighted by molar-refractivity contribution is 7.99. The van der Waals surface area contributed by atoms with Crippen LogP contribution in [0.3, 0.4) is 0 Å². The summed E-state index contributed by atoms with van der Waals surface area (Å²) in [7, 11) is 0. The maximum atomic E-state index is 12.7. The Morgan fingerprint density at radius 3 is 2.69 bits per heavy atom. The van der Waals surface area contributed by atoms with Crippen molar-refractivity contribution >= 4 is 35.0 Å². The van der Waals surface area contributed by atoms with Gasteiger partial charge in [-0.25, -0.2) is 0 Å². The van der Waals surface area contributed by atoms with E-state index in [0.29, 0.717) is 47.8 Å². The van der Waals surface area contributed by atoms with Crippen molar-refractivity contribution in [1.82, 2.24) is 0 Å². The molecule has 2 aromatic carbocycles. The van der Waals surface area contributed by atoms with Crippen LogP contribution in [-0.2, 0) is 9.59 Å². The number of anilines is 2. The highest BCUT2D eigenvalue weighted by Crippen LogP contribution is 2.36. The Balaban J connectivity index is 1.46. The summed E-state index contributed by atoms with van der Waals surface area (Å²) in [5, 5.41) is 2.68. The summed E-state index contributed by atoms with van der Waals surface area (Å²) in [6.45, 7) is 1.11. The van der Waals surface area contributed by atoms with E-state index < -0.39 is 11.7 Å². The Morgan fingerprint density at radius 1 is 1.14 bits per heavy atom. The van der Waals surface area contributed by atoms with E-state index in [9.17, 15) is 18.4 Å². The van der Waals surface area contributed by atoms with Crippen molar-refractivity contribution in [2.75, 3.05) is 30.0 Å². The second kappa shape index (κ2) is 8.28. The Kier molecular flexibility index (Phi) is 5.57. The number of thioether (sulfide) groups is 1. The zero-order chi connectivity index (χ0) is 20.4. The van der Waals surface area contributed by atoms with Gasteiger partial charge in [-0.3, -0.25) is 9.59 Å². The van der Waals surface area contributed by atoms with E-state index in [1.165, 1.54) is 11.0 Å². The Labute approximate surface area is 170 Å². The van der Waals surface area contributed by atoms with Gasteiger partial charge in [-0.2, -0.15) is 8.78 Å². The molecule has 1 N–H and O–H groups in total. The first-order valence-electron chi connectivity index (χ1n) is 9.06. The molecule has 2 heterocycles. The molecule has 0 saturated carbocycles. The van der Waals surface area contributed by atoms with Crippen molar-refractivity contribution in [3.05, 3.63) is 42.5 Å². The van der Waals surface area contributed by atoms with Crippen molar-refractivity contribution in [3.8, 4) is 11.5 Å². The molecule has 2 aliphatic heterocycles. The van der Waals surface area contributed by atoms with Crippen LogP contribution in [0.1, 0.15) is 6.42 Å². The first kappa shape index (κ1) is 19.5. The number of nitrogens with zero attached hydrogens (tertiary/aromatic N) is 1. The molecule has 0 aromatic heterocycles. The first-order chi connectivity index (χ1) is 14.0. The van der Waals surface area contributed by atoms with E-state index in [1.54, 1.807) is 36.4 Å². The van der Waals surface area contributed by atoms with Crippen LogP contribution in [0.25, 0.3) is 0 Å². The molecule has 1 saturated heterocycles. The third-order valence-electron chi connectivity index (χ3n) is 4.69. The maximum Gasteiger partial charge on any atom is 0.288 e. The fourth-order valence-corrected chi connectivity index (χ4v) is 3.93. The molecular formula is C20H18F2N2O4S. The third-order valence-corrected chi connectivity index (χ3v) is 5.48. The minimum atomic E-state index is -2.59. The fourth-order valence-electron chi connectivity index (χ4n) is 3.34. The number of halogens is 2. The molecular weight excluding hydrogens is 402 g/mol. The van der Waals surface area contributed by atoms with E-state index in [4.69, 9.17) is 9.47 Å². The van der Waals surface area contributed by atoms with Gasteiger partial charge in [0.25, 0.3) is 5.76 Å². The molecule has 2 amide bonds. The molecule has 152 valence electrons. The number of para-hydroxylation sites is 1. The number of benzene rings is 2. The average molecular weight is 420 g/mol. The summed E-state index contributed by atoms with van der Waals surface area (Å²) in [4.78, 5) is 27.0. The molecule has 4 rings (SSSR count). The monoisotopic (exact) mass is 420 g/mol. The molecule has 0 bridgehead atoms. The lowest BCUT2D eigenvalue weighted by atomic mass is 10.1. The van der Waals surface area contributed by atoms with Gasteiger partial charge >= 0.3 is 0 Å². The zero-order valence-electron chi connectivity index (χ0n) is 15.3. The Hall–Kier alpha value is -2.81. The average Bonchev–Trinajstić information content (AvgIpc) is 3.10. The predicted molar refractivity (Wildman–Crippen MR) is 105 cm³/mol. The van der Waals surface area contributed by atoms with Crippen molar-refractivity contribution in [2.45, 2.75) is 17.1 Å². The summed E-state index contributed by atoms with van der Waals surface area (Å²) >= 11 is 0.369. The fraction of sp³-hybridized carbons (Fsp3) is 0.300. The number of alkyl halides is 2. The normalized spacial score (nSPS) is 18.2. The Morgan fingerprint density at radius 2 is 1.90 bits per heavy atom. The summed E-state index contributed by atoms with van der Waals surface area (Å²) in [6, 6.07) is 11.6. The van der Waals surface area contributed by atoms with E-state index in [1.807, 2.05) is 0 Å². The van der Waals surface area contributed by atoms with Gasteiger partial charge < -0.3 is 19.7 Å². The number of hydrogen-bond donors (Lipinski definition) is 1. The number of nitrogens with one attached hydrogen (secondary N) is 1. The van der Waals surface area contributed by atoms with Crippen LogP contribution in [-0.4, -0.2) is 37.3 Å². The Bertz CT molecular complexity index is 940. The molecule has 0 radical (unpaired) electrons. The first-order valence-corrected chi connectivity index (χ1v) is 9.94. The lowest BCUT2D eigenvalue weighted by Crippen LogP contribution is -2.28. The molecule has 6 nitrogen and oxygen atoms in total. The van der Waals surface area contributed by atoms with Gasteiger partial charge in [0.05, 0.1) is 11.6 Å². The van der Waals surface area contributed by atoms with Crippen LogP contribution in [0.5, 0.6) is 11.5 Å². The van der Waals surface area contributed by atoms with E-state index >= 15 is 0 Å². The smallest absolute Gasteiger partial charge is 0.288 e. The molecule has 2 aliphatic rings. The number of fused-ring (bicyclic) bond motifs is 1. The number of amides is 2. The van der Waals surface area contributed by atoms with E-state index in [-0.39, 0.29) is 29.7 Å². The van der Waals surface area contributed by atoms with Crippen LogP contribution in [0, 0.1) is 5.92 Å². The van der Waals surface area contributed by atoms with Gasteiger partial charge in [0.2, 0.25) is 11.8 Å². The SMILES string of the molecule is O=C(Nc1ccccc1SC(F)F)[C@@H]1CC(=O)N(c2ccc3c(c2)OCCO3)C1. The molecule has 1 atom stereocenters. The third kappa shape index (κ3) is 4.29. The van der Waals surface area contributed by atoms with Crippen molar-refractivity contribution in [1.29, 1.82) is 0 Å². The van der Waals surface area contributed by atoms with Crippen LogP contribution >= 0.6 is 11.8 Å². The highest BCUT2D eigenvalue weighted by atomic mass is 32.2. The number of carbonyl (C=O) groups excluding carboxylic acids is 2. The molecule has 0 spiro atoms. The molecule has 9 heteroatoms. The minimum absolute atomic E-state index is 0.0461. The van der Waals surface area contributed by atoms with Gasteiger partial charge in [-0.05, 0) is 24.3 Å². The number of rotatable bonds is 5. The molecule has 29 heavy (non-hydrogen) atoms. The topological polar surface area (TPSA) is 67.9 Å². The van der Waals surface area contributed by atoms with E-state index in [2.05, 4.69) is 5.32 Å². The second-order valence-corrected chi connectivity index (χ2v) is 7.63. The van der Waals surface area contributed by atoms with E-state index in [0.717, 1.165) is 0 Å². The summed E-state index contributed by atoms with van der Waals surface area (Å²) < 4.78 is 36.5.